The molecule has 3 aromatic heterocycles. The smallest absolute Gasteiger partial charge is 0.291 e. The summed E-state index contributed by atoms with van der Waals surface area (Å²) in [6, 6.07) is 13.3. The van der Waals surface area contributed by atoms with Crippen molar-refractivity contribution >= 4 is 11.6 Å². The predicted molar refractivity (Wildman–Crippen MR) is 120 cm³/mol. The largest absolute Gasteiger partial charge is 0.449 e. The first-order valence-corrected chi connectivity index (χ1v) is 10.7. The minimum atomic E-state index is -0.603. The van der Waals surface area contributed by atoms with E-state index < -0.39 is 11.7 Å². The molecule has 1 N–H and O–H groups in total. The lowest BCUT2D eigenvalue weighted by molar-refractivity contribution is 0.0997. The van der Waals surface area contributed by atoms with Gasteiger partial charge in [0.05, 0.1) is 23.9 Å². The Balaban J connectivity index is 1.52. The average molecular weight is 430 g/mol. The van der Waals surface area contributed by atoms with E-state index >= 15 is 0 Å². The molecule has 0 saturated heterocycles. The van der Waals surface area contributed by atoms with Crippen LogP contribution in [-0.2, 0) is 0 Å². The van der Waals surface area contributed by atoms with Gasteiger partial charge in [-0.1, -0.05) is 42.7 Å². The number of anilines is 1. The van der Waals surface area contributed by atoms with Crippen LogP contribution in [0.4, 0.5) is 10.1 Å². The highest BCUT2D eigenvalue weighted by molar-refractivity contribution is 6.02. The van der Waals surface area contributed by atoms with Crippen molar-refractivity contribution in [3.8, 4) is 22.7 Å². The zero-order chi connectivity index (χ0) is 22.1. The number of hydrogen-bond donors (Lipinski definition) is 1. The lowest BCUT2D eigenvalue weighted by Gasteiger charge is -2.15. The molecule has 1 aliphatic rings. The Hall–Kier alpha value is -3.74. The first-order valence-electron chi connectivity index (χ1n) is 10.7. The van der Waals surface area contributed by atoms with E-state index in [-0.39, 0.29) is 11.4 Å². The van der Waals surface area contributed by atoms with Crippen LogP contribution in [0.25, 0.3) is 22.7 Å². The number of aryl methyl sites for hydroxylation is 1. The molecule has 0 atom stereocenters. The second-order valence-corrected chi connectivity index (χ2v) is 8.13. The predicted octanol–water partition coefficient (Wildman–Crippen LogP) is 6.02. The number of aromatic nitrogens is 3. The zero-order valence-electron chi connectivity index (χ0n) is 17.7. The minimum absolute atomic E-state index is 0.0549. The topological polar surface area (TPSA) is 73.0 Å². The van der Waals surface area contributed by atoms with Gasteiger partial charge in [-0.05, 0) is 38.0 Å². The third-order valence-electron chi connectivity index (χ3n) is 5.92. The number of nitrogens with zero attached hydrogens (tertiary/aromatic N) is 3. The van der Waals surface area contributed by atoms with E-state index in [1.54, 1.807) is 12.1 Å². The quantitative estimate of drug-likeness (QED) is 0.420. The highest BCUT2D eigenvalue weighted by Gasteiger charge is 2.26. The number of hydrogen-bond acceptors (Lipinski definition) is 4. The van der Waals surface area contributed by atoms with Crippen molar-refractivity contribution in [2.24, 2.45) is 0 Å². The number of rotatable bonds is 5. The van der Waals surface area contributed by atoms with E-state index in [1.807, 2.05) is 25.4 Å². The molecule has 0 unspecified atom stereocenters. The third kappa shape index (κ3) is 3.82. The molecule has 1 fully saturated rings. The molecule has 162 valence electrons. The van der Waals surface area contributed by atoms with Gasteiger partial charge in [0.2, 0.25) is 0 Å². The first kappa shape index (κ1) is 20.2. The molecule has 7 heteroatoms. The van der Waals surface area contributed by atoms with Gasteiger partial charge in [-0.3, -0.25) is 9.78 Å². The van der Waals surface area contributed by atoms with E-state index in [9.17, 15) is 9.18 Å². The molecule has 1 amide bonds. The summed E-state index contributed by atoms with van der Waals surface area (Å²) in [5.41, 5.74) is 3.89. The Kier molecular flexibility index (Phi) is 5.31. The number of imidazole rings is 1. The number of halogens is 1. The number of nitrogens with one attached hydrogen (secondary N) is 1. The molecule has 3 heterocycles. The maximum absolute atomic E-state index is 13.9. The maximum atomic E-state index is 13.9. The van der Waals surface area contributed by atoms with Crippen LogP contribution in [0.1, 0.15) is 47.8 Å². The monoisotopic (exact) mass is 430 g/mol. The number of carbonyl (C=O) groups excluding carboxylic acids is 1. The summed E-state index contributed by atoms with van der Waals surface area (Å²) in [6.07, 6.45) is 8.89. The summed E-state index contributed by atoms with van der Waals surface area (Å²) in [6.45, 7) is 2.05. The summed E-state index contributed by atoms with van der Waals surface area (Å²) >= 11 is 0. The van der Waals surface area contributed by atoms with Crippen LogP contribution in [0, 0.1) is 12.7 Å². The van der Waals surface area contributed by atoms with Crippen molar-refractivity contribution in [1.82, 2.24) is 14.5 Å². The third-order valence-corrected chi connectivity index (χ3v) is 5.92. The second kappa shape index (κ2) is 8.42. The Morgan fingerprint density at radius 3 is 2.66 bits per heavy atom. The minimum Gasteiger partial charge on any atom is -0.449 e. The summed E-state index contributed by atoms with van der Waals surface area (Å²) < 4.78 is 22.0. The van der Waals surface area contributed by atoms with Crippen LogP contribution in [0.15, 0.2) is 65.6 Å². The van der Waals surface area contributed by atoms with Gasteiger partial charge in [-0.15, -0.1) is 0 Å². The summed E-state index contributed by atoms with van der Waals surface area (Å²) in [5, 5.41) is 2.54. The van der Waals surface area contributed by atoms with Crippen molar-refractivity contribution in [3.05, 3.63) is 78.3 Å². The number of furan rings is 1. The molecule has 1 saturated carbocycles. The second-order valence-electron chi connectivity index (χ2n) is 8.13. The van der Waals surface area contributed by atoms with Gasteiger partial charge in [-0.25, -0.2) is 9.37 Å². The summed E-state index contributed by atoms with van der Waals surface area (Å²) in [5.74, 6) is -0.464. The van der Waals surface area contributed by atoms with Gasteiger partial charge < -0.3 is 14.3 Å². The van der Waals surface area contributed by atoms with Crippen molar-refractivity contribution in [2.75, 3.05) is 5.32 Å². The van der Waals surface area contributed by atoms with Gasteiger partial charge in [-0.2, -0.15) is 0 Å². The van der Waals surface area contributed by atoms with Crippen LogP contribution in [-0.4, -0.2) is 20.4 Å². The summed E-state index contributed by atoms with van der Waals surface area (Å²) in [4.78, 5) is 21.1. The molecule has 6 nitrogen and oxygen atoms in total. The van der Waals surface area contributed by atoms with E-state index in [1.165, 1.54) is 30.7 Å². The average Bonchev–Trinajstić information content (AvgIpc) is 3.55. The van der Waals surface area contributed by atoms with Gasteiger partial charge in [0.25, 0.3) is 5.91 Å². The highest BCUT2D eigenvalue weighted by Crippen LogP contribution is 2.39. The zero-order valence-corrected chi connectivity index (χ0v) is 17.7. The van der Waals surface area contributed by atoms with Crippen molar-refractivity contribution in [1.29, 1.82) is 0 Å². The Labute approximate surface area is 185 Å². The molecule has 5 rings (SSSR count). The van der Waals surface area contributed by atoms with Gasteiger partial charge in [0.1, 0.15) is 5.69 Å². The van der Waals surface area contributed by atoms with Crippen LogP contribution in [0.2, 0.25) is 0 Å². The fourth-order valence-corrected chi connectivity index (χ4v) is 4.23. The van der Waals surface area contributed by atoms with Gasteiger partial charge in [0, 0.05) is 17.8 Å². The molecular weight excluding hydrogens is 407 g/mol. The lowest BCUT2D eigenvalue weighted by Crippen LogP contribution is -2.12. The normalized spacial score (nSPS) is 14.1. The number of carbonyl (C=O) groups is 1. The van der Waals surface area contributed by atoms with Crippen molar-refractivity contribution < 1.29 is 13.6 Å². The van der Waals surface area contributed by atoms with Crippen LogP contribution >= 0.6 is 0 Å². The Bertz CT molecular complexity index is 1250. The highest BCUT2D eigenvalue weighted by atomic mass is 19.1. The van der Waals surface area contributed by atoms with Crippen molar-refractivity contribution in [3.63, 3.8) is 0 Å². The van der Waals surface area contributed by atoms with Gasteiger partial charge in [0.15, 0.2) is 17.3 Å². The molecule has 0 bridgehead atoms. The van der Waals surface area contributed by atoms with E-state index in [2.05, 4.69) is 27.0 Å². The molecular formula is C25H23FN4O2. The van der Waals surface area contributed by atoms with Crippen LogP contribution < -0.4 is 5.32 Å². The lowest BCUT2D eigenvalue weighted by atomic mass is 10.1. The molecule has 1 aliphatic carbocycles. The van der Waals surface area contributed by atoms with Crippen LogP contribution in [0.5, 0.6) is 0 Å². The molecule has 0 aliphatic heterocycles. The molecule has 32 heavy (non-hydrogen) atoms. The first-order chi connectivity index (χ1) is 15.6. The number of pyridine rings is 1. The van der Waals surface area contributed by atoms with E-state index in [0.717, 1.165) is 36.0 Å². The molecule has 1 aromatic carbocycles. The maximum Gasteiger partial charge on any atom is 0.291 e. The SMILES string of the molecule is Cc1ccc(-c2ncn(C3CCCC3)c2-c2ccc(C(=O)Nc3ccncc3F)o2)cc1. The van der Waals surface area contributed by atoms with E-state index in [4.69, 9.17) is 9.40 Å². The summed E-state index contributed by atoms with van der Waals surface area (Å²) in [7, 11) is 0. The van der Waals surface area contributed by atoms with Crippen LogP contribution in [0.3, 0.4) is 0 Å². The molecule has 0 spiro atoms. The Morgan fingerprint density at radius 1 is 1.12 bits per heavy atom. The number of benzene rings is 1. The Morgan fingerprint density at radius 2 is 1.91 bits per heavy atom. The molecule has 4 aromatic rings. The fourth-order valence-electron chi connectivity index (χ4n) is 4.23. The van der Waals surface area contributed by atoms with E-state index in [0.29, 0.717) is 11.8 Å². The fraction of sp³-hybridized carbons (Fsp3) is 0.240. The van der Waals surface area contributed by atoms with Crippen molar-refractivity contribution in [2.45, 2.75) is 38.6 Å². The van der Waals surface area contributed by atoms with Gasteiger partial charge >= 0.3 is 0 Å². The molecule has 0 radical (unpaired) electrons. The number of amides is 1. The standard InChI is InChI=1S/C25H23FN4O2/c1-16-6-8-17(9-7-16)23-24(30(15-28-23)18-4-2-3-5-18)21-10-11-22(32-21)25(31)29-20-12-13-27-14-19(20)26/h6-15,18H,2-5H2,1H3,(H,27,29,31).